The molecule has 3 aliphatic heterocycles. The fourth-order valence-electron chi connectivity index (χ4n) is 7.89. The summed E-state index contributed by atoms with van der Waals surface area (Å²) in [6.45, 7) is 5.02. The summed E-state index contributed by atoms with van der Waals surface area (Å²) >= 11 is 0. The first-order valence-electron chi connectivity index (χ1n) is 17.2. The zero-order valence-corrected chi connectivity index (χ0v) is 27.5. The molecular formula is C38H43FN6O3. The number of anilines is 1. The Hall–Kier alpha value is -4.73. The Balaban J connectivity index is 1.01. The number of hydrogen-bond acceptors (Lipinski definition) is 4. The summed E-state index contributed by atoms with van der Waals surface area (Å²) < 4.78 is 13.5. The number of likely N-dealkylation sites (tertiary alicyclic amines) is 2. The fourth-order valence-corrected chi connectivity index (χ4v) is 7.89. The van der Waals surface area contributed by atoms with Crippen LogP contribution < -0.4 is 5.32 Å². The van der Waals surface area contributed by atoms with Crippen molar-refractivity contribution in [1.82, 2.24) is 24.9 Å². The number of H-pyrrole nitrogens is 1. The van der Waals surface area contributed by atoms with Crippen LogP contribution in [0.15, 0.2) is 66.9 Å². The van der Waals surface area contributed by atoms with Crippen LogP contribution in [-0.4, -0.2) is 81.5 Å². The number of carbonyl (C=O) groups is 3. The highest BCUT2D eigenvalue weighted by Gasteiger charge is 2.35. The van der Waals surface area contributed by atoms with Crippen molar-refractivity contribution in [3.05, 3.63) is 94.9 Å². The summed E-state index contributed by atoms with van der Waals surface area (Å²) in [5.41, 5.74) is 6.16. The van der Waals surface area contributed by atoms with Gasteiger partial charge in [-0.05, 0) is 97.9 Å². The highest BCUT2D eigenvalue weighted by atomic mass is 19.1. The number of aromatic nitrogens is 2. The van der Waals surface area contributed by atoms with Crippen LogP contribution in [0.5, 0.6) is 0 Å². The van der Waals surface area contributed by atoms with Crippen LogP contribution in [0.2, 0.25) is 0 Å². The van der Waals surface area contributed by atoms with Crippen molar-refractivity contribution in [2.45, 2.75) is 63.8 Å². The van der Waals surface area contributed by atoms with Gasteiger partial charge in [-0.25, -0.2) is 9.18 Å². The van der Waals surface area contributed by atoms with Crippen molar-refractivity contribution < 1.29 is 18.8 Å². The molecule has 0 radical (unpaired) electrons. The first kappa shape index (κ1) is 31.8. The lowest BCUT2D eigenvalue weighted by molar-refractivity contribution is -0.142. The van der Waals surface area contributed by atoms with Gasteiger partial charge < -0.3 is 20.0 Å². The summed E-state index contributed by atoms with van der Waals surface area (Å²) in [5.74, 6) is -0.451. The van der Waals surface area contributed by atoms with Gasteiger partial charge in [-0.15, -0.1) is 0 Å². The maximum absolute atomic E-state index is 14.2. The van der Waals surface area contributed by atoms with Crippen molar-refractivity contribution in [2.75, 3.05) is 38.0 Å². The molecule has 2 N–H and O–H groups in total. The fraction of sp³-hybridized carbons (Fsp3) is 0.421. The minimum absolute atomic E-state index is 0.0122. The average molecular weight is 651 g/mol. The van der Waals surface area contributed by atoms with Crippen LogP contribution in [-0.2, 0) is 22.4 Å². The number of urea groups is 1. The molecule has 48 heavy (non-hydrogen) atoms. The van der Waals surface area contributed by atoms with E-state index < -0.39 is 5.92 Å². The zero-order valence-electron chi connectivity index (χ0n) is 27.5. The van der Waals surface area contributed by atoms with E-state index >= 15 is 0 Å². The van der Waals surface area contributed by atoms with Gasteiger partial charge in [0.2, 0.25) is 11.8 Å². The van der Waals surface area contributed by atoms with Gasteiger partial charge in [0.15, 0.2) is 0 Å². The molecule has 7 rings (SSSR count). The summed E-state index contributed by atoms with van der Waals surface area (Å²) in [6, 6.07) is 18.7. The summed E-state index contributed by atoms with van der Waals surface area (Å²) in [6.07, 6.45) is 6.23. The number of carbonyl (C=O) groups excluding carboxylic acids is 3. The first-order valence-corrected chi connectivity index (χ1v) is 17.2. The van der Waals surface area contributed by atoms with E-state index in [1.165, 1.54) is 12.1 Å². The van der Waals surface area contributed by atoms with Gasteiger partial charge in [0.25, 0.3) is 0 Å². The maximum atomic E-state index is 14.2. The van der Waals surface area contributed by atoms with Crippen molar-refractivity contribution in [3.8, 4) is 0 Å². The van der Waals surface area contributed by atoms with Crippen LogP contribution in [0.4, 0.5) is 14.9 Å². The molecule has 250 valence electrons. The largest absolute Gasteiger partial charge is 0.343 e. The normalized spacial score (nSPS) is 18.4. The number of aryl methyl sites for hydroxylation is 1. The number of rotatable bonds is 7. The van der Waals surface area contributed by atoms with Gasteiger partial charge in [-0.2, -0.15) is 5.10 Å². The van der Waals surface area contributed by atoms with Crippen molar-refractivity contribution in [2.24, 2.45) is 5.92 Å². The molecule has 1 atom stereocenters. The van der Waals surface area contributed by atoms with E-state index in [2.05, 4.69) is 33.7 Å². The molecule has 2 fully saturated rings. The monoisotopic (exact) mass is 650 g/mol. The molecule has 3 aromatic carbocycles. The number of aromatic amines is 1. The second-order valence-electron chi connectivity index (χ2n) is 13.6. The van der Waals surface area contributed by atoms with E-state index in [4.69, 9.17) is 0 Å². The minimum Gasteiger partial charge on any atom is -0.343 e. The number of nitrogens with zero attached hydrogens (tertiary/aromatic N) is 4. The topological polar surface area (TPSA) is 102 Å². The molecule has 0 aliphatic carbocycles. The number of amides is 4. The van der Waals surface area contributed by atoms with E-state index in [1.54, 1.807) is 6.20 Å². The average Bonchev–Trinajstić information content (AvgIpc) is 3.52. The minimum atomic E-state index is -0.490. The number of nitrogens with one attached hydrogen (secondary N) is 2. The molecule has 0 bridgehead atoms. The number of piperidine rings is 2. The van der Waals surface area contributed by atoms with Crippen molar-refractivity contribution in [1.29, 1.82) is 0 Å². The lowest BCUT2D eigenvalue weighted by Gasteiger charge is -2.38. The third-order valence-corrected chi connectivity index (χ3v) is 10.6. The van der Waals surface area contributed by atoms with Crippen LogP contribution in [0.3, 0.4) is 0 Å². The molecule has 0 spiro atoms. The number of halogens is 1. The highest BCUT2D eigenvalue weighted by Crippen LogP contribution is 2.31. The van der Waals surface area contributed by atoms with E-state index in [-0.39, 0.29) is 42.0 Å². The lowest BCUT2D eigenvalue weighted by atomic mass is 9.87. The van der Waals surface area contributed by atoms with Crippen molar-refractivity contribution in [3.63, 3.8) is 0 Å². The van der Waals surface area contributed by atoms with E-state index in [1.807, 2.05) is 52.0 Å². The van der Waals surface area contributed by atoms with Gasteiger partial charge in [0, 0.05) is 56.3 Å². The quantitative estimate of drug-likeness (QED) is 0.255. The summed E-state index contributed by atoms with van der Waals surface area (Å²) in [7, 11) is 0. The lowest BCUT2D eigenvalue weighted by Crippen LogP contribution is -2.50. The van der Waals surface area contributed by atoms with E-state index in [0.717, 1.165) is 58.1 Å². The molecule has 2 saturated heterocycles. The maximum Gasteiger partial charge on any atom is 0.322 e. The third-order valence-electron chi connectivity index (χ3n) is 10.6. The molecule has 10 heteroatoms. The van der Waals surface area contributed by atoms with Crippen LogP contribution in [0.25, 0.3) is 10.9 Å². The van der Waals surface area contributed by atoms with Gasteiger partial charge in [-0.1, -0.05) is 36.4 Å². The van der Waals surface area contributed by atoms with Crippen LogP contribution in [0.1, 0.15) is 60.3 Å². The van der Waals surface area contributed by atoms with E-state index in [9.17, 15) is 18.8 Å². The molecule has 1 aromatic heterocycles. The molecule has 4 amide bonds. The Morgan fingerprint density at radius 2 is 1.67 bits per heavy atom. The van der Waals surface area contributed by atoms with Gasteiger partial charge in [0.05, 0.1) is 17.6 Å². The Bertz CT molecular complexity index is 1790. The molecule has 9 nitrogen and oxygen atoms in total. The SMILES string of the molecule is Cc1cc(CC(CC(=O)N2CCC(N3CCc4ccccc4NC3=O)CC2)C(=O)N2CCC(c3ccc(F)cc3)CC2)cc2cn[nH]c12. The molecule has 3 aliphatic rings. The molecule has 4 aromatic rings. The number of para-hydroxylation sites is 1. The molecular weight excluding hydrogens is 607 g/mol. The van der Waals surface area contributed by atoms with Gasteiger partial charge in [-0.3, -0.25) is 14.7 Å². The number of hydrogen-bond donors (Lipinski definition) is 2. The Morgan fingerprint density at radius 1 is 0.938 bits per heavy atom. The van der Waals surface area contributed by atoms with E-state index in [0.29, 0.717) is 52.0 Å². The van der Waals surface area contributed by atoms with Gasteiger partial charge >= 0.3 is 6.03 Å². The Labute approximate surface area is 280 Å². The molecule has 1 unspecified atom stereocenters. The Morgan fingerprint density at radius 3 is 2.44 bits per heavy atom. The second-order valence-corrected chi connectivity index (χ2v) is 13.6. The Kier molecular flexibility index (Phi) is 9.15. The predicted octanol–water partition coefficient (Wildman–Crippen LogP) is 6.05. The first-order chi connectivity index (χ1) is 23.3. The van der Waals surface area contributed by atoms with Crippen LogP contribution in [0, 0.1) is 18.7 Å². The smallest absolute Gasteiger partial charge is 0.322 e. The van der Waals surface area contributed by atoms with Crippen molar-refractivity contribution >= 4 is 34.4 Å². The standard InChI is InChI=1S/C38H43FN6O3/c1-25-20-26(22-31-24-40-42-36(25)31)21-30(37(47)44-15-10-28(11-16-44)27-6-8-32(39)9-7-27)23-35(46)43-17-13-33(14-18-43)45-19-12-29-4-2-3-5-34(29)41-38(45)48/h2-9,20,22,24,28,30,33H,10-19,21,23H2,1H3,(H,40,42)(H,41,48). The van der Waals surface area contributed by atoms with Crippen LogP contribution >= 0.6 is 0 Å². The van der Waals surface area contributed by atoms with Gasteiger partial charge in [0.1, 0.15) is 5.82 Å². The molecule has 0 saturated carbocycles. The summed E-state index contributed by atoms with van der Waals surface area (Å²) in [5, 5.41) is 11.3. The third kappa shape index (κ3) is 6.79. The summed E-state index contributed by atoms with van der Waals surface area (Å²) in [4.78, 5) is 46.9. The number of fused-ring (bicyclic) bond motifs is 2. The zero-order chi connectivity index (χ0) is 33.2. The second kappa shape index (κ2) is 13.8. The predicted molar refractivity (Wildman–Crippen MR) is 183 cm³/mol. The molecule has 4 heterocycles. The number of benzene rings is 3. The highest BCUT2D eigenvalue weighted by molar-refractivity contribution is 5.91.